The Morgan fingerprint density at radius 2 is 2.12 bits per heavy atom. The SMILES string of the molecule is CNC(=O)Oc1cccc(CC(C)(C)O)c1O. The average Bonchev–Trinajstić information content (AvgIpc) is 2.22. The quantitative estimate of drug-likeness (QED) is 0.745. The summed E-state index contributed by atoms with van der Waals surface area (Å²) in [7, 11) is 1.43. The van der Waals surface area contributed by atoms with Gasteiger partial charge in [-0.15, -0.1) is 0 Å². The summed E-state index contributed by atoms with van der Waals surface area (Å²) in [6.07, 6.45) is -0.384. The van der Waals surface area contributed by atoms with Gasteiger partial charge in [-0.3, -0.25) is 0 Å². The maximum atomic E-state index is 11.0. The molecule has 3 N–H and O–H groups in total. The maximum absolute atomic E-state index is 11.0. The molecule has 17 heavy (non-hydrogen) atoms. The number of ether oxygens (including phenoxy) is 1. The van der Waals surface area contributed by atoms with Crippen molar-refractivity contribution < 1.29 is 19.7 Å². The van der Waals surface area contributed by atoms with Crippen LogP contribution in [0.4, 0.5) is 4.79 Å². The molecule has 1 amide bonds. The van der Waals surface area contributed by atoms with Gasteiger partial charge in [0.2, 0.25) is 0 Å². The minimum atomic E-state index is -0.941. The van der Waals surface area contributed by atoms with E-state index >= 15 is 0 Å². The van der Waals surface area contributed by atoms with Crippen LogP contribution in [-0.2, 0) is 6.42 Å². The van der Waals surface area contributed by atoms with Crippen LogP contribution in [0.3, 0.4) is 0 Å². The molecule has 0 aliphatic heterocycles. The largest absolute Gasteiger partial charge is 0.504 e. The van der Waals surface area contributed by atoms with E-state index in [0.29, 0.717) is 5.56 Å². The minimum Gasteiger partial charge on any atom is -0.504 e. The third-order valence-electron chi connectivity index (χ3n) is 2.11. The topological polar surface area (TPSA) is 78.8 Å². The molecule has 0 saturated carbocycles. The number of hydrogen-bond acceptors (Lipinski definition) is 4. The van der Waals surface area contributed by atoms with Gasteiger partial charge in [0.05, 0.1) is 5.60 Å². The Morgan fingerprint density at radius 1 is 1.47 bits per heavy atom. The number of amides is 1. The molecule has 1 aromatic rings. The highest BCUT2D eigenvalue weighted by Crippen LogP contribution is 2.32. The number of para-hydroxylation sites is 1. The summed E-state index contributed by atoms with van der Waals surface area (Å²) in [6.45, 7) is 3.28. The van der Waals surface area contributed by atoms with Gasteiger partial charge in [-0.25, -0.2) is 4.79 Å². The smallest absolute Gasteiger partial charge is 0.412 e. The van der Waals surface area contributed by atoms with Crippen molar-refractivity contribution in [2.45, 2.75) is 25.9 Å². The molecular weight excluding hydrogens is 222 g/mol. The third-order valence-corrected chi connectivity index (χ3v) is 2.11. The predicted molar refractivity (Wildman–Crippen MR) is 63.2 cm³/mol. The van der Waals surface area contributed by atoms with E-state index in [4.69, 9.17) is 4.74 Å². The molecule has 1 aromatic carbocycles. The normalized spacial score (nSPS) is 11.1. The highest BCUT2D eigenvalue weighted by Gasteiger charge is 2.18. The summed E-state index contributed by atoms with van der Waals surface area (Å²) in [6, 6.07) is 4.81. The summed E-state index contributed by atoms with van der Waals surface area (Å²) < 4.78 is 4.87. The van der Waals surface area contributed by atoms with E-state index in [1.807, 2.05) is 0 Å². The van der Waals surface area contributed by atoms with Gasteiger partial charge in [-0.1, -0.05) is 12.1 Å². The number of phenolic OH excluding ortho intramolecular Hbond substituents is 1. The number of phenols is 1. The van der Waals surface area contributed by atoms with E-state index < -0.39 is 11.7 Å². The number of carbonyl (C=O) groups excluding carboxylic acids is 1. The van der Waals surface area contributed by atoms with E-state index in [9.17, 15) is 15.0 Å². The fourth-order valence-corrected chi connectivity index (χ4v) is 1.41. The molecule has 0 fully saturated rings. The third kappa shape index (κ3) is 3.96. The Labute approximate surface area is 100 Å². The van der Waals surface area contributed by atoms with E-state index in [2.05, 4.69) is 5.32 Å². The van der Waals surface area contributed by atoms with Gasteiger partial charge in [0, 0.05) is 19.0 Å². The summed E-state index contributed by atoms with van der Waals surface area (Å²) in [5, 5.41) is 21.9. The molecule has 0 aromatic heterocycles. The van der Waals surface area contributed by atoms with Crippen LogP contribution in [0.15, 0.2) is 18.2 Å². The lowest BCUT2D eigenvalue weighted by molar-refractivity contribution is 0.0802. The number of hydrogen-bond donors (Lipinski definition) is 3. The first-order valence-corrected chi connectivity index (χ1v) is 5.26. The Bertz CT molecular complexity index is 409. The zero-order chi connectivity index (χ0) is 13.1. The van der Waals surface area contributed by atoms with Crippen molar-refractivity contribution in [3.63, 3.8) is 0 Å². The van der Waals surface area contributed by atoms with Crippen LogP contribution >= 0.6 is 0 Å². The molecule has 0 heterocycles. The van der Waals surface area contributed by atoms with Gasteiger partial charge in [0.25, 0.3) is 0 Å². The fourth-order valence-electron chi connectivity index (χ4n) is 1.41. The molecule has 5 nitrogen and oxygen atoms in total. The number of rotatable bonds is 3. The van der Waals surface area contributed by atoms with Gasteiger partial charge >= 0.3 is 6.09 Å². The van der Waals surface area contributed by atoms with Crippen LogP contribution < -0.4 is 10.1 Å². The van der Waals surface area contributed by atoms with Crippen molar-refractivity contribution in [3.05, 3.63) is 23.8 Å². The summed E-state index contributed by atoms with van der Waals surface area (Å²) in [4.78, 5) is 11.0. The van der Waals surface area contributed by atoms with Crippen LogP contribution in [0.25, 0.3) is 0 Å². The molecule has 0 spiro atoms. The molecule has 0 radical (unpaired) electrons. The van der Waals surface area contributed by atoms with Crippen molar-refractivity contribution in [3.8, 4) is 11.5 Å². The van der Waals surface area contributed by atoms with Gasteiger partial charge < -0.3 is 20.3 Å². The first-order chi connectivity index (χ1) is 7.83. The molecule has 94 valence electrons. The first-order valence-electron chi connectivity index (χ1n) is 5.26. The molecule has 0 aliphatic carbocycles. The second-order valence-corrected chi connectivity index (χ2v) is 4.39. The summed E-state index contributed by atoms with van der Waals surface area (Å²) >= 11 is 0. The lowest BCUT2D eigenvalue weighted by atomic mass is 9.98. The average molecular weight is 239 g/mol. The highest BCUT2D eigenvalue weighted by atomic mass is 16.6. The predicted octanol–water partition coefficient (Wildman–Crippen LogP) is 1.42. The van der Waals surface area contributed by atoms with Gasteiger partial charge in [-0.05, 0) is 19.9 Å². The van der Waals surface area contributed by atoms with Crippen LogP contribution in [0.1, 0.15) is 19.4 Å². The van der Waals surface area contributed by atoms with Gasteiger partial charge in [0.1, 0.15) is 0 Å². The Balaban J connectivity index is 2.95. The fraction of sp³-hybridized carbons (Fsp3) is 0.417. The zero-order valence-electron chi connectivity index (χ0n) is 10.2. The van der Waals surface area contributed by atoms with Gasteiger partial charge in [0.15, 0.2) is 11.5 Å². The lowest BCUT2D eigenvalue weighted by Gasteiger charge is -2.18. The molecule has 0 saturated heterocycles. The molecule has 0 atom stereocenters. The van der Waals surface area contributed by atoms with Crippen LogP contribution in [0.5, 0.6) is 11.5 Å². The maximum Gasteiger partial charge on any atom is 0.412 e. The van der Waals surface area contributed by atoms with E-state index in [0.717, 1.165) is 0 Å². The summed E-state index contributed by atoms with van der Waals surface area (Å²) in [5.74, 6) is -0.0516. The molecule has 0 unspecified atom stereocenters. The first kappa shape index (κ1) is 13.3. The Kier molecular flexibility index (Phi) is 3.96. The standard InChI is InChI=1S/C12H17NO4/c1-12(2,16)7-8-5-4-6-9(10(8)14)17-11(15)13-3/h4-6,14,16H,7H2,1-3H3,(H,13,15). The molecule has 0 bridgehead atoms. The number of aromatic hydroxyl groups is 1. The van der Waals surface area contributed by atoms with Crippen molar-refractivity contribution in [2.75, 3.05) is 7.05 Å². The van der Waals surface area contributed by atoms with Crippen molar-refractivity contribution in [2.24, 2.45) is 0 Å². The van der Waals surface area contributed by atoms with E-state index in [1.165, 1.54) is 13.1 Å². The second-order valence-electron chi connectivity index (χ2n) is 4.39. The number of aliphatic hydroxyl groups is 1. The van der Waals surface area contributed by atoms with Crippen LogP contribution in [0.2, 0.25) is 0 Å². The monoisotopic (exact) mass is 239 g/mol. The Morgan fingerprint density at radius 3 is 2.65 bits per heavy atom. The second kappa shape index (κ2) is 5.05. The zero-order valence-corrected chi connectivity index (χ0v) is 10.2. The molecule has 1 rings (SSSR count). The van der Waals surface area contributed by atoms with Crippen molar-refractivity contribution >= 4 is 6.09 Å². The molecule has 5 heteroatoms. The van der Waals surface area contributed by atoms with Crippen molar-refractivity contribution in [1.82, 2.24) is 5.32 Å². The van der Waals surface area contributed by atoms with Gasteiger partial charge in [-0.2, -0.15) is 0 Å². The van der Waals surface area contributed by atoms with Crippen LogP contribution in [0, 0.1) is 0 Å². The van der Waals surface area contributed by atoms with E-state index in [1.54, 1.807) is 26.0 Å². The van der Waals surface area contributed by atoms with Crippen LogP contribution in [-0.4, -0.2) is 29.0 Å². The minimum absolute atomic E-state index is 0.0751. The molecular formula is C12H17NO4. The lowest BCUT2D eigenvalue weighted by Crippen LogP contribution is -2.23. The summed E-state index contributed by atoms with van der Waals surface area (Å²) in [5.41, 5.74) is -0.415. The van der Waals surface area contributed by atoms with E-state index in [-0.39, 0.29) is 17.9 Å². The number of benzene rings is 1. The number of nitrogens with one attached hydrogen (secondary N) is 1. The highest BCUT2D eigenvalue weighted by molar-refractivity contribution is 5.71. The Hall–Kier alpha value is -1.75. The number of carbonyl (C=O) groups is 1. The molecule has 0 aliphatic rings. The van der Waals surface area contributed by atoms with Crippen molar-refractivity contribution in [1.29, 1.82) is 0 Å².